The molecule has 0 aliphatic carbocycles. The second kappa shape index (κ2) is 6.38. The van der Waals surface area contributed by atoms with Crippen LogP contribution in [0.1, 0.15) is 21.8 Å². The summed E-state index contributed by atoms with van der Waals surface area (Å²) in [6, 6.07) is 11.4. The number of hydrogen-bond donors (Lipinski definition) is 0. The molecule has 2 aromatic rings. The minimum atomic E-state index is -0.165. The molecule has 0 radical (unpaired) electrons. The zero-order chi connectivity index (χ0) is 13.7. The number of aromatic nitrogens is 1. The van der Waals surface area contributed by atoms with Gasteiger partial charge in [-0.2, -0.15) is 0 Å². The lowest BCUT2D eigenvalue weighted by Gasteiger charge is -2.20. The molecular formula is C14H15ClN2O2. The van der Waals surface area contributed by atoms with Gasteiger partial charge in [-0.05, 0) is 12.5 Å². The van der Waals surface area contributed by atoms with E-state index in [1.165, 1.54) is 0 Å². The van der Waals surface area contributed by atoms with Crippen molar-refractivity contribution in [1.82, 2.24) is 10.1 Å². The summed E-state index contributed by atoms with van der Waals surface area (Å²) in [5, 5.41) is 3.75. The Morgan fingerprint density at radius 2 is 2.11 bits per heavy atom. The van der Waals surface area contributed by atoms with Crippen molar-refractivity contribution in [2.24, 2.45) is 0 Å². The van der Waals surface area contributed by atoms with Gasteiger partial charge in [0, 0.05) is 25.0 Å². The van der Waals surface area contributed by atoms with Crippen LogP contribution in [0.5, 0.6) is 0 Å². The fourth-order valence-electron chi connectivity index (χ4n) is 1.79. The normalized spacial score (nSPS) is 10.4. The van der Waals surface area contributed by atoms with Crippen LogP contribution in [0.2, 0.25) is 0 Å². The summed E-state index contributed by atoms with van der Waals surface area (Å²) in [5.41, 5.74) is 1.37. The molecule has 0 aliphatic heterocycles. The van der Waals surface area contributed by atoms with Crippen LogP contribution in [0.15, 0.2) is 40.9 Å². The van der Waals surface area contributed by atoms with E-state index in [9.17, 15) is 4.79 Å². The van der Waals surface area contributed by atoms with Gasteiger partial charge in [-0.15, -0.1) is 11.6 Å². The van der Waals surface area contributed by atoms with Crippen molar-refractivity contribution < 1.29 is 9.32 Å². The molecule has 0 saturated heterocycles. The summed E-state index contributed by atoms with van der Waals surface area (Å²) >= 11 is 5.76. The Kier molecular flexibility index (Phi) is 4.58. The average Bonchev–Trinajstić information content (AvgIpc) is 2.85. The van der Waals surface area contributed by atoms with Crippen molar-refractivity contribution in [2.45, 2.75) is 13.5 Å². The molecular weight excluding hydrogens is 264 g/mol. The quantitative estimate of drug-likeness (QED) is 0.790. The number of aryl methyl sites for hydroxylation is 1. The van der Waals surface area contributed by atoms with Crippen LogP contribution in [0.25, 0.3) is 0 Å². The highest BCUT2D eigenvalue weighted by Gasteiger charge is 2.19. The number of alkyl halides is 1. The van der Waals surface area contributed by atoms with E-state index in [-0.39, 0.29) is 5.91 Å². The third-order valence-electron chi connectivity index (χ3n) is 2.70. The first-order valence-corrected chi connectivity index (χ1v) is 6.56. The van der Waals surface area contributed by atoms with Crippen LogP contribution in [0.4, 0.5) is 0 Å². The maximum atomic E-state index is 12.3. The highest BCUT2D eigenvalue weighted by atomic mass is 35.5. The lowest BCUT2D eigenvalue weighted by molar-refractivity contribution is 0.0743. The van der Waals surface area contributed by atoms with Crippen LogP contribution in [0.3, 0.4) is 0 Å². The van der Waals surface area contributed by atoms with Crippen molar-refractivity contribution in [3.05, 3.63) is 53.4 Å². The monoisotopic (exact) mass is 278 g/mol. The molecule has 4 nitrogen and oxygen atoms in total. The Hall–Kier alpha value is -1.81. The van der Waals surface area contributed by atoms with E-state index in [2.05, 4.69) is 5.16 Å². The third-order valence-corrected chi connectivity index (χ3v) is 2.87. The SMILES string of the molecule is Cc1cc(C(=O)N(CCCl)Cc2ccccc2)no1. The molecule has 0 N–H and O–H groups in total. The Morgan fingerprint density at radius 1 is 1.37 bits per heavy atom. The zero-order valence-corrected chi connectivity index (χ0v) is 11.4. The summed E-state index contributed by atoms with van der Waals surface area (Å²) in [6.07, 6.45) is 0. The molecule has 1 heterocycles. The molecule has 0 aliphatic rings. The van der Waals surface area contributed by atoms with Crippen LogP contribution in [0, 0.1) is 6.92 Å². The highest BCUT2D eigenvalue weighted by Crippen LogP contribution is 2.10. The summed E-state index contributed by atoms with van der Waals surface area (Å²) in [5.74, 6) is 0.838. The van der Waals surface area contributed by atoms with Gasteiger partial charge in [-0.25, -0.2) is 0 Å². The van der Waals surface area contributed by atoms with Gasteiger partial charge < -0.3 is 9.42 Å². The molecule has 1 aromatic heterocycles. The standard InChI is InChI=1S/C14H15ClN2O2/c1-11-9-13(16-19-11)14(18)17(8-7-15)10-12-5-3-2-4-6-12/h2-6,9H,7-8,10H2,1H3. The Balaban J connectivity index is 2.13. The van der Waals surface area contributed by atoms with Gasteiger partial charge in [0.2, 0.25) is 0 Å². The van der Waals surface area contributed by atoms with E-state index in [0.717, 1.165) is 5.56 Å². The molecule has 0 saturated carbocycles. The van der Waals surface area contributed by atoms with E-state index in [4.69, 9.17) is 16.1 Å². The number of nitrogens with zero attached hydrogens (tertiary/aromatic N) is 2. The largest absolute Gasteiger partial charge is 0.361 e. The minimum absolute atomic E-state index is 0.165. The zero-order valence-electron chi connectivity index (χ0n) is 10.7. The third kappa shape index (κ3) is 3.58. The van der Waals surface area contributed by atoms with Crippen molar-refractivity contribution in [3.8, 4) is 0 Å². The first-order valence-electron chi connectivity index (χ1n) is 6.03. The second-order valence-corrected chi connectivity index (χ2v) is 4.60. The number of benzene rings is 1. The Morgan fingerprint density at radius 3 is 2.68 bits per heavy atom. The number of halogens is 1. The Bertz CT molecular complexity index is 539. The number of hydrogen-bond acceptors (Lipinski definition) is 3. The molecule has 2 rings (SSSR count). The topological polar surface area (TPSA) is 46.3 Å². The van der Waals surface area contributed by atoms with Crippen molar-refractivity contribution in [3.63, 3.8) is 0 Å². The van der Waals surface area contributed by atoms with E-state index < -0.39 is 0 Å². The molecule has 0 fully saturated rings. The number of carbonyl (C=O) groups is 1. The maximum absolute atomic E-state index is 12.3. The average molecular weight is 279 g/mol. The first kappa shape index (κ1) is 13.6. The fraction of sp³-hybridized carbons (Fsp3) is 0.286. The smallest absolute Gasteiger partial charge is 0.276 e. The van der Waals surface area contributed by atoms with Gasteiger partial charge in [0.1, 0.15) is 5.76 Å². The van der Waals surface area contributed by atoms with Gasteiger partial charge in [-0.1, -0.05) is 35.5 Å². The lowest BCUT2D eigenvalue weighted by atomic mass is 10.2. The predicted molar refractivity (Wildman–Crippen MR) is 73.1 cm³/mol. The molecule has 0 atom stereocenters. The van der Waals surface area contributed by atoms with Crippen LogP contribution >= 0.6 is 11.6 Å². The van der Waals surface area contributed by atoms with Crippen molar-refractivity contribution in [2.75, 3.05) is 12.4 Å². The van der Waals surface area contributed by atoms with Gasteiger partial charge in [0.25, 0.3) is 5.91 Å². The summed E-state index contributed by atoms with van der Waals surface area (Å²) in [4.78, 5) is 14.0. The van der Waals surface area contributed by atoms with Crippen molar-refractivity contribution >= 4 is 17.5 Å². The lowest BCUT2D eigenvalue weighted by Crippen LogP contribution is -2.32. The van der Waals surface area contributed by atoms with Crippen molar-refractivity contribution in [1.29, 1.82) is 0 Å². The van der Waals surface area contributed by atoms with Crippen LogP contribution in [-0.2, 0) is 6.54 Å². The molecule has 0 spiro atoms. The van der Waals surface area contributed by atoms with Crippen LogP contribution in [-0.4, -0.2) is 28.4 Å². The molecule has 5 heteroatoms. The highest BCUT2D eigenvalue weighted by molar-refractivity contribution is 6.18. The minimum Gasteiger partial charge on any atom is -0.361 e. The van der Waals surface area contributed by atoms with E-state index >= 15 is 0 Å². The number of carbonyl (C=O) groups excluding carboxylic acids is 1. The van der Waals surface area contributed by atoms with Gasteiger partial charge in [-0.3, -0.25) is 4.79 Å². The fourth-order valence-corrected chi connectivity index (χ4v) is 1.99. The Labute approximate surface area is 117 Å². The first-order chi connectivity index (χ1) is 9.20. The van der Waals surface area contributed by atoms with Gasteiger partial charge in [0.15, 0.2) is 5.69 Å². The van der Waals surface area contributed by atoms with Gasteiger partial charge in [0.05, 0.1) is 0 Å². The number of amides is 1. The molecule has 0 bridgehead atoms. The second-order valence-electron chi connectivity index (χ2n) is 4.22. The molecule has 1 aromatic carbocycles. The number of rotatable bonds is 5. The van der Waals surface area contributed by atoms with E-state index in [1.54, 1.807) is 17.9 Å². The molecule has 1 amide bonds. The maximum Gasteiger partial charge on any atom is 0.276 e. The molecule has 19 heavy (non-hydrogen) atoms. The van der Waals surface area contributed by atoms with E-state index in [1.807, 2.05) is 30.3 Å². The molecule has 100 valence electrons. The summed E-state index contributed by atoms with van der Waals surface area (Å²) in [6.45, 7) is 2.74. The summed E-state index contributed by atoms with van der Waals surface area (Å²) in [7, 11) is 0. The van der Waals surface area contributed by atoms with Crippen LogP contribution < -0.4 is 0 Å². The van der Waals surface area contributed by atoms with Gasteiger partial charge >= 0.3 is 0 Å². The molecule has 0 unspecified atom stereocenters. The van der Waals surface area contributed by atoms with E-state index in [0.29, 0.717) is 30.4 Å². The predicted octanol–water partition coefficient (Wildman–Crippen LogP) is 2.86. The summed E-state index contributed by atoms with van der Waals surface area (Å²) < 4.78 is 4.93.